The largest absolute Gasteiger partial charge is 0.508 e. The molecule has 2 aromatic rings. The fourth-order valence-electron chi connectivity index (χ4n) is 4.77. The number of rotatable bonds is 8. The van der Waals surface area contributed by atoms with Gasteiger partial charge in [-0.1, -0.05) is 12.1 Å². The maximum absolute atomic E-state index is 13.1. The number of fused-ring (bicyclic) bond motifs is 1. The number of amides is 2. The number of phenols is 1. The molecule has 4 rings (SSSR count). The van der Waals surface area contributed by atoms with Crippen LogP contribution in [0.25, 0.3) is 0 Å². The van der Waals surface area contributed by atoms with Gasteiger partial charge in [0, 0.05) is 37.7 Å². The third-order valence-electron chi connectivity index (χ3n) is 6.83. The number of carbonyl (C=O) groups excluding carboxylic acids is 2. The first kappa shape index (κ1) is 25.2. The van der Waals surface area contributed by atoms with Gasteiger partial charge in [-0.15, -0.1) is 0 Å². The first-order valence-electron chi connectivity index (χ1n) is 12.3. The Morgan fingerprint density at radius 3 is 2.40 bits per heavy atom. The van der Waals surface area contributed by atoms with Gasteiger partial charge < -0.3 is 15.7 Å². The van der Waals surface area contributed by atoms with Crippen LogP contribution in [-0.2, 0) is 27.7 Å². The van der Waals surface area contributed by atoms with Gasteiger partial charge >= 0.3 is 0 Å². The SMILES string of the molecule is O=C(NCCCNC(=O)C1CCN(S(=O)(=O)c2ccc3c(c2)CCCC3)CC1)c1cccc(O)c1. The van der Waals surface area contributed by atoms with E-state index in [0.717, 1.165) is 31.2 Å². The van der Waals surface area contributed by atoms with Gasteiger partial charge in [-0.3, -0.25) is 9.59 Å². The lowest BCUT2D eigenvalue weighted by Gasteiger charge is -2.31. The van der Waals surface area contributed by atoms with Crippen LogP contribution in [0, 0.1) is 5.92 Å². The summed E-state index contributed by atoms with van der Waals surface area (Å²) in [6.07, 6.45) is 5.75. The predicted octanol–water partition coefficient (Wildman–Crippen LogP) is 2.61. The molecule has 0 atom stereocenters. The van der Waals surface area contributed by atoms with Crippen LogP contribution in [0.3, 0.4) is 0 Å². The number of hydrogen-bond donors (Lipinski definition) is 3. The minimum atomic E-state index is -3.56. The van der Waals surface area contributed by atoms with Gasteiger partial charge in [-0.25, -0.2) is 8.42 Å². The average molecular weight is 500 g/mol. The van der Waals surface area contributed by atoms with Crippen LogP contribution in [0.2, 0.25) is 0 Å². The number of phenolic OH excluding ortho intramolecular Hbond substituents is 1. The van der Waals surface area contributed by atoms with Crippen LogP contribution in [0.1, 0.15) is 53.6 Å². The number of hydrogen-bond acceptors (Lipinski definition) is 5. The van der Waals surface area contributed by atoms with Gasteiger partial charge in [0.1, 0.15) is 5.75 Å². The first-order valence-corrected chi connectivity index (χ1v) is 13.8. The van der Waals surface area contributed by atoms with Crippen LogP contribution >= 0.6 is 0 Å². The maximum Gasteiger partial charge on any atom is 0.251 e. The summed E-state index contributed by atoms with van der Waals surface area (Å²) in [5.41, 5.74) is 2.78. The number of aryl methyl sites for hydroxylation is 2. The van der Waals surface area contributed by atoms with Gasteiger partial charge in [0.2, 0.25) is 15.9 Å². The third kappa shape index (κ3) is 6.21. The van der Waals surface area contributed by atoms with Crippen LogP contribution in [0.4, 0.5) is 0 Å². The Labute approximate surface area is 206 Å². The van der Waals surface area contributed by atoms with Crippen molar-refractivity contribution in [2.45, 2.75) is 49.8 Å². The minimum Gasteiger partial charge on any atom is -0.508 e. The molecular formula is C26H33N3O5S. The third-order valence-corrected chi connectivity index (χ3v) is 8.72. The Kier molecular flexibility index (Phi) is 8.07. The zero-order chi connectivity index (χ0) is 24.8. The Hall–Kier alpha value is -2.91. The van der Waals surface area contributed by atoms with Crippen LogP contribution < -0.4 is 10.6 Å². The van der Waals surface area contributed by atoms with E-state index >= 15 is 0 Å². The molecule has 0 spiro atoms. The summed E-state index contributed by atoms with van der Waals surface area (Å²) in [5, 5.41) is 15.1. The van der Waals surface area contributed by atoms with Gasteiger partial charge in [0.25, 0.3) is 5.91 Å². The van der Waals surface area contributed by atoms with E-state index in [9.17, 15) is 23.1 Å². The van der Waals surface area contributed by atoms with Crippen LogP contribution in [0.5, 0.6) is 5.75 Å². The summed E-state index contributed by atoms with van der Waals surface area (Å²) < 4.78 is 27.8. The molecule has 1 aliphatic heterocycles. The van der Waals surface area contributed by atoms with E-state index < -0.39 is 10.0 Å². The Bertz CT molecular complexity index is 1170. The molecule has 0 saturated carbocycles. The van der Waals surface area contributed by atoms with E-state index in [1.807, 2.05) is 12.1 Å². The Balaban J connectivity index is 1.19. The van der Waals surface area contributed by atoms with Crippen molar-refractivity contribution < 1.29 is 23.1 Å². The van der Waals surface area contributed by atoms with E-state index in [1.165, 1.54) is 22.0 Å². The molecule has 9 heteroatoms. The molecule has 2 aliphatic rings. The fourth-order valence-corrected chi connectivity index (χ4v) is 6.29. The molecule has 1 fully saturated rings. The van der Waals surface area contributed by atoms with Crippen molar-refractivity contribution in [2.75, 3.05) is 26.2 Å². The Morgan fingerprint density at radius 1 is 0.943 bits per heavy atom. The number of nitrogens with zero attached hydrogens (tertiary/aromatic N) is 1. The quantitative estimate of drug-likeness (QED) is 0.483. The number of nitrogens with one attached hydrogen (secondary N) is 2. The van der Waals surface area contributed by atoms with Crippen molar-refractivity contribution in [3.63, 3.8) is 0 Å². The molecule has 1 aliphatic carbocycles. The van der Waals surface area contributed by atoms with Crippen LogP contribution in [-0.4, -0.2) is 55.8 Å². The highest BCUT2D eigenvalue weighted by Crippen LogP contribution is 2.28. The lowest BCUT2D eigenvalue weighted by molar-refractivity contribution is -0.126. The van der Waals surface area contributed by atoms with E-state index in [-0.39, 0.29) is 23.5 Å². The zero-order valence-electron chi connectivity index (χ0n) is 19.8. The van der Waals surface area contributed by atoms with Crippen molar-refractivity contribution in [1.29, 1.82) is 0 Å². The summed E-state index contributed by atoms with van der Waals surface area (Å²) in [6, 6.07) is 11.6. The summed E-state index contributed by atoms with van der Waals surface area (Å²) in [5.74, 6) is -0.534. The highest BCUT2D eigenvalue weighted by molar-refractivity contribution is 7.89. The molecule has 0 aromatic heterocycles. The zero-order valence-corrected chi connectivity index (χ0v) is 20.6. The predicted molar refractivity (Wildman–Crippen MR) is 133 cm³/mol. The highest BCUT2D eigenvalue weighted by Gasteiger charge is 2.32. The van der Waals surface area contributed by atoms with Crippen molar-refractivity contribution in [3.05, 3.63) is 59.2 Å². The second-order valence-corrected chi connectivity index (χ2v) is 11.2. The molecule has 8 nitrogen and oxygen atoms in total. The second kappa shape index (κ2) is 11.2. The summed E-state index contributed by atoms with van der Waals surface area (Å²) in [6.45, 7) is 1.48. The van der Waals surface area contributed by atoms with E-state index in [2.05, 4.69) is 10.6 Å². The van der Waals surface area contributed by atoms with Crippen LogP contribution in [0.15, 0.2) is 47.4 Å². The molecule has 0 unspecified atom stereocenters. The summed E-state index contributed by atoms with van der Waals surface area (Å²) in [7, 11) is -3.56. The van der Waals surface area contributed by atoms with E-state index in [4.69, 9.17) is 0 Å². The molecular weight excluding hydrogens is 466 g/mol. The van der Waals surface area contributed by atoms with Crippen molar-refractivity contribution in [1.82, 2.24) is 14.9 Å². The standard InChI is InChI=1S/C26H33N3O5S/c30-23-8-3-7-22(17-23)26(32)28-14-4-13-27-25(31)20-11-15-29(16-12-20)35(33,34)24-10-9-19-5-1-2-6-21(19)18-24/h3,7-10,17-18,20,30H,1-2,4-6,11-16H2,(H,27,31)(H,28,32). The normalized spacial score (nSPS) is 16.9. The first-order chi connectivity index (χ1) is 16.8. The molecule has 2 aromatic carbocycles. The maximum atomic E-state index is 13.1. The number of piperidine rings is 1. The average Bonchev–Trinajstić information content (AvgIpc) is 2.88. The van der Waals surface area contributed by atoms with E-state index in [1.54, 1.807) is 18.2 Å². The second-order valence-electron chi connectivity index (χ2n) is 9.27. The molecule has 2 amide bonds. The number of carbonyl (C=O) groups is 2. The number of sulfonamides is 1. The summed E-state index contributed by atoms with van der Waals surface area (Å²) >= 11 is 0. The lowest BCUT2D eigenvalue weighted by atomic mass is 9.92. The van der Waals surface area contributed by atoms with Gasteiger partial charge in [0.05, 0.1) is 4.90 Å². The molecule has 1 heterocycles. The van der Waals surface area contributed by atoms with E-state index in [0.29, 0.717) is 55.9 Å². The lowest BCUT2D eigenvalue weighted by Crippen LogP contribution is -2.43. The molecule has 1 saturated heterocycles. The van der Waals surface area contributed by atoms with Gasteiger partial charge in [-0.2, -0.15) is 4.31 Å². The molecule has 3 N–H and O–H groups in total. The topological polar surface area (TPSA) is 116 Å². The summed E-state index contributed by atoms with van der Waals surface area (Å²) in [4.78, 5) is 25.0. The van der Waals surface area contributed by atoms with Crippen molar-refractivity contribution in [3.8, 4) is 5.75 Å². The molecule has 0 bridgehead atoms. The minimum absolute atomic E-state index is 0.0337. The van der Waals surface area contributed by atoms with Gasteiger partial charge in [0.15, 0.2) is 0 Å². The smallest absolute Gasteiger partial charge is 0.251 e. The monoisotopic (exact) mass is 499 g/mol. The van der Waals surface area contributed by atoms with Crippen molar-refractivity contribution >= 4 is 21.8 Å². The fraction of sp³-hybridized carbons (Fsp3) is 0.462. The Morgan fingerprint density at radius 2 is 1.66 bits per heavy atom. The number of aromatic hydroxyl groups is 1. The van der Waals surface area contributed by atoms with Gasteiger partial charge in [-0.05, 0) is 86.4 Å². The molecule has 35 heavy (non-hydrogen) atoms. The molecule has 0 radical (unpaired) electrons. The number of benzene rings is 2. The van der Waals surface area contributed by atoms with Crippen molar-refractivity contribution in [2.24, 2.45) is 5.92 Å². The molecule has 188 valence electrons. The highest BCUT2D eigenvalue weighted by atomic mass is 32.2.